The minimum atomic E-state index is -2.01. The van der Waals surface area contributed by atoms with Crippen LogP contribution in [-0.2, 0) is 25.6 Å². The van der Waals surface area contributed by atoms with E-state index in [-0.39, 0.29) is 78.8 Å². The number of aromatic nitrogens is 2. The number of thiazole rings is 1. The first kappa shape index (κ1) is 61.5. The zero-order valence-electron chi connectivity index (χ0n) is 48.3. The van der Waals surface area contributed by atoms with Gasteiger partial charge in [-0.3, -0.25) is 33.6 Å². The molecule has 5 aromatic rings. The van der Waals surface area contributed by atoms with Crippen molar-refractivity contribution in [2.45, 2.75) is 160 Å². The molecule has 0 radical (unpaired) electrons. The molecule has 19 nitrogen and oxygen atoms in total. The largest absolute Gasteiger partial charge is 0.507 e. The lowest BCUT2D eigenvalue weighted by Gasteiger charge is -2.36. The van der Waals surface area contributed by atoms with Gasteiger partial charge in [0.1, 0.15) is 17.8 Å². The molecule has 2 aliphatic carbocycles. The van der Waals surface area contributed by atoms with Gasteiger partial charge in [0.2, 0.25) is 17.7 Å². The minimum Gasteiger partial charge on any atom is -0.507 e. The average molecular weight is 1160 g/mol. The highest BCUT2D eigenvalue weighted by Gasteiger charge is 2.53. The number of unbranched alkanes of at least 4 members (excludes halogenated alkanes) is 8. The molecular weight excluding hydrogens is 1080 g/mol. The highest BCUT2D eigenvalue weighted by Crippen LogP contribution is 2.41. The number of carbonyl (C=O) groups is 7. The van der Waals surface area contributed by atoms with Crippen LogP contribution >= 0.6 is 11.3 Å². The highest BCUT2D eigenvalue weighted by molar-refractivity contribution is 7.13. The van der Waals surface area contributed by atoms with E-state index in [1.807, 2.05) is 49.4 Å². The lowest BCUT2D eigenvalue weighted by atomic mass is 9.85. The molecule has 7 amide bonds. The Balaban J connectivity index is 0.726. The number of aliphatic hydroxyl groups is 1. The van der Waals surface area contributed by atoms with Crippen LogP contribution in [0.5, 0.6) is 5.75 Å². The zero-order valence-corrected chi connectivity index (χ0v) is 49.1. The molecule has 0 bridgehead atoms. The molecule has 2 aromatic heterocycles. The molecule has 21 heteroatoms. The molecule has 3 aromatic carbocycles. The molecule has 3 aliphatic rings. The Morgan fingerprint density at radius 2 is 1.51 bits per heavy atom. The molecule has 2 fully saturated rings. The number of fused-ring (bicyclic) bond motifs is 1. The van der Waals surface area contributed by atoms with Gasteiger partial charge in [-0.1, -0.05) is 107 Å². The second-order valence-corrected chi connectivity index (χ2v) is 24.4. The fourth-order valence-electron chi connectivity index (χ4n) is 10.7. The molecule has 5 atom stereocenters. The monoisotopic (exact) mass is 1160 g/mol. The first-order valence-electron chi connectivity index (χ1n) is 28.9. The van der Waals surface area contributed by atoms with Crippen LogP contribution in [0.25, 0.3) is 21.8 Å². The van der Waals surface area contributed by atoms with Crippen LogP contribution in [0.1, 0.15) is 176 Å². The Labute approximate surface area is 487 Å². The predicted molar refractivity (Wildman–Crippen MR) is 312 cm³/mol. The van der Waals surface area contributed by atoms with E-state index in [2.05, 4.69) is 36.7 Å². The fourth-order valence-corrected chi connectivity index (χ4v) is 11.5. The topological polar surface area (TPSA) is 266 Å². The number of nitrogens with one attached hydrogen (secondary N) is 5. The van der Waals surface area contributed by atoms with E-state index in [1.165, 1.54) is 39.3 Å². The van der Waals surface area contributed by atoms with Gasteiger partial charge in [-0.2, -0.15) is 0 Å². The molecule has 1 saturated carbocycles. The summed E-state index contributed by atoms with van der Waals surface area (Å²) in [5.41, 5.74) is 4.57. The third-order valence-corrected chi connectivity index (χ3v) is 16.8. The van der Waals surface area contributed by atoms with Gasteiger partial charge in [0, 0.05) is 57.3 Å². The molecule has 83 heavy (non-hydrogen) atoms. The van der Waals surface area contributed by atoms with Crippen LogP contribution in [0.4, 0.5) is 4.39 Å². The summed E-state index contributed by atoms with van der Waals surface area (Å²) in [5, 5.41) is 39.9. The number of benzene rings is 3. The van der Waals surface area contributed by atoms with E-state index in [9.17, 15) is 48.2 Å². The van der Waals surface area contributed by atoms with Gasteiger partial charge in [-0.05, 0) is 97.4 Å². The quantitative estimate of drug-likeness (QED) is 0.0258. The summed E-state index contributed by atoms with van der Waals surface area (Å²) in [7, 11) is 3.18. The maximum atomic E-state index is 14.8. The van der Waals surface area contributed by atoms with E-state index in [0.29, 0.717) is 36.2 Å². The van der Waals surface area contributed by atoms with Gasteiger partial charge in [0.15, 0.2) is 17.1 Å². The van der Waals surface area contributed by atoms with Crippen molar-refractivity contribution in [1.29, 1.82) is 0 Å². The molecule has 0 spiro atoms. The molecule has 2 unspecified atom stereocenters. The van der Waals surface area contributed by atoms with Gasteiger partial charge in [-0.15, -0.1) is 11.3 Å². The maximum Gasteiger partial charge on any atom is 0.273 e. The fraction of sp³-hybridized carbons (Fsp3) is 0.500. The first-order chi connectivity index (χ1) is 39.6. The van der Waals surface area contributed by atoms with Gasteiger partial charge in [0.05, 0.1) is 46.3 Å². The van der Waals surface area contributed by atoms with Crippen molar-refractivity contribution in [2.24, 2.45) is 5.41 Å². The summed E-state index contributed by atoms with van der Waals surface area (Å²) < 4.78 is 20.2. The Morgan fingerprint density at radius 3 is 2.13 bits per heavy atom. The number of amides is 7. The van der Waals surface area contributed by atoms with E-state index < -0.39 is 58.9 Å². The van der Waals surface area contributed by atoms with Crippen LogP contribution in [0.2, 0.25) is 0 Å². The summed E-state index contributed by atoms with van der Waals surface area (Å²) in [6, 6.07) is 15.8. The second kappa shape index (κ2) is 27.3. The second-order valence-electron chi connectivity index (χ2n) is 23.6. The van der Waals surface area contributed by atoms with Gasteiger partial charge in [-0.25, -0.2) is 9.37 Å². The Bertz CT molecular complexity index is 3150. The summed E-state index contributed by atoms with van der Waals surface area (Å²) >= 11 is 1.51. The highest BCUT2D eigenvalue weighted by atomic mass is 32.1. The average Bonchev–Trinajstić information content (AvgIpc) is 3.73. The lowest BCUT2D eigenvalue weighted by molar-refractivity contribution is -0.145. The summed E-state index contributed by atoms with van der Waals surface area (Å²) in [4.78, 5) is 101. The number of hydrogen-bond donors (Lipinski definition) is 7. The number of likely N-dealkylation sites (tertiary alicyclic amines) is 1. The van der Waals surface area contributed by atoms with Crippen molar-refractivity contribution in [3.05, 3.63) is 111 Å². The van der Waals surface area contributed by atoms with Gasteiger partial charge >= 0.3 is 0 Å². The molecule has 444 valence electrons. The van der Waals surface area contributed by atoms with E-state index in [4.69, 9.17) is 4.52 Å². The predicted octanol–water partition coefficient (Wildman–Crippen LogP) is 8.20. The zero-order chi connectivity index (χ0) is 59.6. The van der Waals surface area contributed by atoms with Gasteiger partial charge in [0.25, 0.3) is 23.6 Å². The number of nitrogens with zero attached hydrogens (tertiary/aromatic N) is 4. The number of halogens is 1. The van der Waals surface area contributed by atoms with Crippen LogP contribution < -0.4 is 26.6 Å². The van der Waals surface area contributed by atoms with E-state index in [0.717, 1.165) is 91.5 Å². The third-order valence-electron chi connectivity index (χ3n) is 15.8. The SMILES string of the molecule is Cc1ncsc1-c1ccc(C(CC(=O)NCCCCCCCCCCCNC(=O)c2ccc3c(c2)[C@H](NC(=O)c2cc(-c4ccc(C(=O)N(C)C)c(O)c4)on2)CC3)NC(=O)[C@@H]2C[C@@H](O)CN2C(=O)C(NC(=O)C2(F)CC2)C(C)(C)C)cc1. The maximum absolute atomic E-state index is 14.8. The molecule has 1 saturated heterocycles. The van der Waals surface area contributed by atoms with E-state index >= 15 is 0 Å². The number of aryl methyl sites for hydroxylation is 2. The third kappa shape index (κ3) is 15.8. The molecule has 7 N–H and O–H groups in total. The summed E-state index contributed by atoms with van der Waals surface area (Å²) in [5.74, 6) is -3.18. The first-order valence-corrected chi connectivity index (χ1v) is 29.8. The number of rotatable bonds is 26. The normalized spacial score (nSPS) is 17.7. The number of β-amino-alcohol motifs (C(OH)–C–C–N with tert-alkyl or cyclic N) is 1. The number of hydrogen-bond acceptors (Lipinski definition) is 13. The molecule has 8 rings (SSSR count). The number of aromatic hydroxyl groups is 1. The Morgan fingerprint density at radius 1 is 0.843 bits per heavy atom. The number of aliphatic hydroxyl groups excluding tert-OH is 1. The van der Waals surface area contributed by atoms with Crippen LogP contribution in [0, 0.1) is 12.3 Å². The van der Waals surface area contributed by atoms with Crippen molar-refractivity contribution >= 4 is 52.7 Å². The van der Waals surface area contributed by atoms with Crippen molar-refractivity contribution in [1.82, 2.24) is 46.5 Å². The van der Waals surface area contributed by atoms with E-state index in [1.54, 1.807) is 46.4 Å². The van der Waals surface area contributed by atoms with Crippen molar-refractivity contribution in [3.8, 4) is 27.5 Å². The number of phenols is 1. The van der Waals surface area contributed by atoms with Crippen LogP contribution in [0.3, 0.4) is 0 Å². The number of phenolic OH excluding ortho intramolecular Hbond substituents is 1. The number of carbonyl (C=O) groups excluding carboxylic acids is 7. The summed E-state index contributed by atoms with van der Waals surface area (Å²) in [6.45, 7) is 8.03. The Kier molecular flexibility index (Phi) is 20.2. The lowest BCUT2D eigenvalue weighted by Crippen LogP contribution is -2.59. The standard InChI is InChI=1S/C62H78FN9O10S/c1-37-53(83-36-66-37)40-19-17-39(18-20-40)47(68-57(78)49-32-43(73)35-72(49)59(80)54(61(2,3)4)69-60(81)62(63)26-27-62)34-52(75)64-28-14-12-10-8-7-9-11-13-15-29-65-55(76)42-21-16-38-23-25-46(45(38)30-42)67-56(77)48-33-51(82-70-48)41-22-24-44(50(74)31-41)58(79)71(5)6/h16-22,24,30-31,33,36,43,46-47,49,54,73-74H,7-15,23,25-29,32,34-35H2,1-6H3,(H,64,75)(H,65,76)(H,67,77)(H,68,78)(H,69,81)/t43-,46-,47?,49+,54?/m1/s1. The Hall–Kier alpha value is -7.52. The van der Waals surface area contributed by atoms with Crippen molar-refractivity contribution < 1.29 is 52.7 Å². The van der Waals surface area contributed by atoms with Crippen LogP contribution in [-0.4, -0.2) is 129 Å². The van der Waals surface area contributed by atoms with Crippen molar-refractivity contribution in [2.75, 3.05) is 33.7 Å². The molecule has 3 heterocycles. The molecular formula is C62H78FN9O10S. The molecule has 1 aliphatic heterocycles. The minimum absolute atomic E-state index is 0.0447. The summed E-state index contributed by atoms with van der Waals surface area (Å²) in [6.07, 6.45) is 9.27. The van der Waals surface area contributed by atoms with Crippen molar-refractivity contribution in [3.63, 3.8) is 0 Å². The van der Waals surface area contributed by atoms with Crippen LogP contribution in [0.15, 0.2) is 76.8 Å². The van der Waals surface area contributed by atoms with Gasteiger partial charge < -0.3 is 51.1 Å². The smallest absolute Gasteiger partial charge is 0.273 e. The number of alkyl halides is 1.